The molecule has 1 heterocycles. The van der Waals surface area contributed by atoms with Crippen LogP contribution in [0.1, 0.15) is 5.56 Å². The SMILES string of the molecule is Cc1ccc(-n2cnnc2SCC(=O)Nc2cc(Cl)ccc2F)cc1. The Morgan fingerprint density at radius 2 is 2.04 bits per heavy atom. The van der Waals surface area contributed by atoms with E-state index >= 15 is 0 Å². The van der Waals surface area contributed by atoms with Crippen molar-refractivity contribution in [2.45, 2.75) is 12.1 Å². The van der Waals surface area contributed by atoms with Gasteiger partial charge in [0.2, 0.25) is 5.91 Å². The number of nitrogens with one attached hydrogen (secondary N) is 1. The van der Waals surface area contributed by atoms with Crippen LogP contribution in [-0.4, -0.2) is 26.4 Å². The van der Waals surface area contributed by atoms with E-state index in [9.17, 15) is 9.18 Å². The van der Waals surface area contributed by atoms with Gasteiger partial charge in [-0.25, -0.2) is 4.39 Å². The Balaban J connectivity index is 1.66. The van der Waals surface area contributed by atoms with E-state index in [0.717, 1.165) is 11.3 Å². The van der Waals surface area contributed by atoms with Crippen molar-refractivity contribution in [3.05, 3.63) is 65.2 Å². The van der Waals surface area contributed by atoms with Gasteiger partial charge in [0, 0.05) is 10.7 Å². The molecule has 128 valence electrons. The quantitative estimate of drug-likeness (QED) is 0.681. The predicted octanol–water partition coefficient (Wildman–Crippen LogP) is 4.10. The van der Waals surface area contributed by atoms with Crippen molar-refractivity contribution in [1.82, 2.24) is 14.8 Å². The third-order valence-corrected chi connectivity index (χ3v) is 4.54. The molecule has 5 nitrogen and oxygen atoms in total. The van der Waals surface area contributed by atoms with Crippen LogP contribution >= 0.6 is 23.4 Å². The Bertz CT molecular complexity index is 898. The number of amides is 1. The topological polar surface area (TPSA) is 59.8 Å². The molecule has 0 unspecified atom stereocenters. The van der Waals surface area contributed by atoms with Crippen LogP contribution in [0.4, 0.5) is 10.1 Å². The number of thioether (sulfide) groups is 1. The number of carbonyl (C=O) groups is 1. The molecule has 0 aliphatic heterocycles. The van der Waals surface area contributed by atoms with Crippen LogP contribution in [0.25, 0.3) is 5.69 Å². The second-order valence-electron chi connectivity index (χ2n) is 5.28. The lowest BCUT2D eigenvalue weighted by atomic mass is 10.2. The summed E-state index contributed by atoms with van der Waals surface area (Å²) in [5.74, 6) is -0.827. The minimum absolute atomic E-state index is 0.0538. The van der Waals surface area contributed by atoms with Crippen molar-refractivity contribution in [1.29, 1.82) is 0 Å². The van der Waals surface area contributed by atoms with E-state index in [1.165, 1.54) is 30.0 Å². The number of hydrogen-bond acceptors (Lipinski definition) is 4. The summed E-state index contributed by atoms with van der Waals surface area (Å²) < 4.78 is 15.4. The molecule has 3 rings (SSSR count). The molecule has 25 heavy (non-hydrogen) atoms. The molecule has 1 amide bonds. The summed E-state index contributed by atoms with van der Waals surface area (Å²) in [6, 6.07) is 11.9. The predicted molar refractivity (Wildman–Crippen MR) is 96.9 cm³/mol. The maximum absolute atomic E-state index is 13.7. The second kappa shape index (κ2) is 7.67. The number of aromatic nitrogens is 3. The Morgan fingerprint density at radius 3 is 2.80 bits per heavy atom. The van der Waals surface area contributed by atoms with Crippen molar-refractivity contribution in [2.75, 3.05) is 11.1 Å². The first-order chi connectivity index (χ1) is 12.0. The van der Waals surface area contributed by atoms with Gasteiger partial charge in [-0.15, -0.1) is 10.2 Å². The molecule has 0 aliphatic rings. The zero-order chi connectivity index (χ0) is 17.8. The highest BCUT2D eigenvalue weighted by molar-refractivity contribution is 7.99. The zero-order valence-electron chi connectivity index (χ0n) is 13.2. The summed E-state index contributed by atoms with van der Waals surface area (Å²) in [6.07, 6.45) is 1.58. The third-order valence-electron chi connectivity index (χ3n) is 3.36. The number of nitrogens with zero attached hydrogens (tertiary/aromatic N) is 3. The van der Waals surface area contributed by atoms with Gasteiger partial charge in [0.05, 0.1) is 11.4 Å². The van der Waals surface area contributed by atoms with Gasteiger partial charge in [0.25, 0.3) is 0 Å². The molecule has 0 atom stereocenters. The molecule has 3 aromatic rings. The van der Waals surface area contributed by atoms with Crippen LogP contribution in [0.2, 0.25) is 5.02 Å². The van der Waals surface area contributed by atoms with Gasteiger partial charge in [0.1, 0.15) is 12.1 Å². The van der Waals surface area contributed by atoms with E-state index in [1.807, 2.05) is 31.2 Å². The Morgan fingerprint density at radius 1 is 1.28 bits per heavy atom. The summed E-state index contributed by atoms with van der Waals surface area (Å²) in [5.41, 5.74) is 2.10. The van der Waals surface area contributed by atoms with E-state index in [-0.39, 0.29) is 17.3 Å². The highest BCUT2D eigenvalue weighted by atomic mass is 35.5. The molecular weight excluding hydrogens is 363 g/mol. The standard InChI is InChI=1S/C17H14ClFN4OS/c1-11-2-5-13(6-3-11)23-10-20-22-17(23)25-9-16(24)21-15-8-12(18)4-7-14(15)19/h2-8,10H,9H2,1H3,(H,21,24). The summed E-state index contributed by atoms with van der Waals surface area (Å²) in [7, 11) is 0. The lowest BCUT2D eigenvalue weighted by molar-refractivity contribution is -0.113. The monoisotopic (exact) mass is 376 g/mol. The minimum atomic E-state index is -0.537. The number of hydrogen-bond donors (Lipinski definition) is 1. The zero-order valence-corrected chi connectivity index (χ0v) is 14.8. The highest BCUT2D eigenvalue weighted by Crippen LogP contribution is 2.22. The largest absolute Gasteiger partial charge is 0.323 e. The molecule has 0 saturated carbocycles. The Labute approximate surface area is 153 Å². The fraction of sp³-hybridized carbons (Fsp3) is 0.118. The van der Waals surface area contributed by atoms with Crippen molar-refractivity contribution in [2.24, 2.45) is 0 Å². The summed E-state index contributed by atoms with van der Waals surface area (Å²) in [4.78, 5) is 12.1. The van der Waals surface area contributed by atoms with Crippen molar-refractivity contribution in [3.63, 3.8) is 0 Å². The lowest BCUT2D eigenvalue weighted by Crippen LogP contribution is -2.15. The number of rotatable bonds is 5. The molecule has 1 aromatic heterocycles. The molecular formula is C17H14ClFN4OS. The number of anilines is 1. The first kappa shape index (κ1) is 17.4. The van der Waals surface area contributed by atoms with E-state index < -0.39 is 5.82 Å². The minimum Gasteiger partial charge on any atom is -0.323 e. The first-order valence-corrected chi connectivity index (χ1v) is 8.74. The summed E-state index contributed by atoms with van der Waals surface area (Å²) in [5, 5.41) is 11.3. The number of carbonyl (C=O) groups excluding carboxylic acids is 1. The van der Waals surface area contributed by atoms with Crippen LogP contribution in [0.3, 0.4) is 0 Å². The van der Waals surface area contributed by atoms with E-state index in [2.05, 4.69) is 15.5 Å². The van der Waals surface area contributed by atoms with Gasteiger partial charge < -0.3 is 5.32 Å². The number of benzene rings is 2. The molecule has 0 spiro atoms. The highest BCUT2D eigenvalue weighted by Gasteiger charge is 2.12. The van der Waals surface area contributed by atoms with E-state index in [0.29, 0.717) is 10.2 Å². The van der Waals surface area contributed by atoms with Crippen LogP contribution in [0.15, 0.2) is 53.9 Å². The van der Waals surface area contributed by atoms with Crippen LogP contribution in [0, 0.1) is 12.7 Å². The molecule has 0 radical (unpaired) electrons. The number of halogens is 2. The summed E-state index contributed by atoms with van der Waals surface area (Å²) in [6.45, 7) is 2.00. The van der Waals surface area contributed by atoms with Gasteiger partial charge in [-0.3, -0.25) is 9.36 Å². The van der Waals surface area contributed by atoms with E-state index in [1.54, 1.807) is 10.9 Å². The maximum atomic E-state index is 13.7. The normalized spacial score (nSPS) is 10.7. The second-order valence-corrected chi connectivity index (χ2v) is 6.66. The molecule has 8 heteroatoms. The van der Waals surface area contributed by atoms with Gasteiger partial charge in [-0.2, -0.15) is 0 Å². The molecule has 2 aromatic carbocycles. The fourth-order valence-electron chi connectivity index (χ4n) is 2.11. The molecule has 0 fully saturated rings. The van der Waals surface area contributed by atoms with Crippen molar-refractivity contribution in [3.8, 4) is 5.69 Å². The van der Waals surface area contributed by atoms with Gasteiger partial charge in [-0.1, -0.05) is 41.1 Å². The molecule has 1 N–H and O–H groups in total. The van der Waals surface area contributed by atoms with E-state index in [4.69, 9.17) is 11.6 Å². The molecule has 0 saturated heterocycles. The van der Waals surface area contributed by atoms with Gasteiger partial charge in [-0.05, 0) is 37.3 Å². The van der Waals surface area contributed by atoms with Crippen LogP contribution < -0.4 is 5.32 Å². The third kappa shape index (κ3) is 4.37. The number of aryl methyl sites for hydroxylation is 1. The maximum Gasteiger partial charge on any atom is 0.234 e. The van der Waals surface area contributed by atoms with Crippen molar-refractivity contribution < 1.29 is 9.18 Å². The smallest absolute Gasteiger partial charge is 0.234 e. The fourth-order valence-corrected chi connectivity index (χ4v) is 3.02. The molecule has 0 bridgehead atoms. The van der Waals surface area contributed by atoms with Crippen molar-refractivity contribution >= 4 is 35.0 Å². The van der Waals surface area contributed by atoms with Crippen LogP contribution in [0.5, 0.6) is 0 Å². The summed E-state index contributed by atoms with van der Waals surface area (Å²) >= 11 is 7.03. The average Bonchev–Trinajstić information content (AvgIpc) is 3.05. The Hall–Kier alpha value is -2.38. The van der Waals surface area contributed by atoms with Gasteiger partial charge >= 0.3 is 0 Å². The Kier molecular flexibility index (Phi) is 5.35. The van der Waals surface area contributed by atoms with Gasteiger partial charge in [0.15, 0.2) is 5.16 Å². The van der Waals surface area contributed by atoms with Crippen LogP contribution in [-0.2, 0) is 4.79 Å². The molecule has 0 aliphatic carbocycles. The first-order valence-electron chi connectivity index (χ1n) is 7.38. The lowest BCUT2D eigenvalue weighted by Gasteiger charge is -2.08. The average molecular weight is 377 g/mol.